The second-order valence-corrected chi connectivity index (χ2v) is 10.3. The number of aliphatic imine (C=N–C) groups is 1. The molecule has 2 heterocycles. The van der Waals surface area contributed by atoms with Crippen molar-refractivity contribution in [1.29, 1.82) is 0 Å². The van der Waals surface area contributed by atoms with E-state index in [1.54, 1.807) is 49.6 Å². The number of methoxy groups -OCH3 is 2. The molecule has 2 atom stereocenters. The Bertz CT molecular complexity index is 1490. The number of hydrogen-bond acceptors (Lipinski definition) is 9. The number of ether oxygens (including phenoxy) is 5. The largest absolute Gasteiger partial charge is 0.497 e. The Kier molecular flexibility index (Phi) is 9.29. The number of nitrogens with zero attached hydrogens (tertiary/aromatic N) is 3. The molecule has 0 radical (unpaired) electrons. The third kappa shape index (κ3) is 6.82. The van der Waals surface area contributed by atoms with E-state index in [2.05, 4.69) is 4.99 Å². The zero-order chi connectivity index (χ0) is 30.3. The van der Waals surface area contributed by atoms with Gasteiger partial charge in [-0.15, -0.1) is 0 Å². The number of benzene rings is 3. The van der Waals surface area contributed by atoms with Gasteiger partial charge in [0.1, 0.15) is 23.4 Å². The quantitative estimate of drug-likeness (QED) is 0.159. The van der Waals surface area contributed by atoms with Crippen LogP contribution in [0, 0.1) is 10.1 Å². The third-order valence-electron chi connectivity index (χ3n) is 7.48. The van der Waals surface area contributed by atoms with Crippen molar-refractivity contribution in [2.75, 3.05) is 27.4 Å². The van der Waals surface area contributed by atoms with E-state index in [0.717, 1.165) is 32.2 Å². The molecule has 0 spiro atoms. The van der Waals surface area contributed by atoms with E-state index in [-0.39, 0.29) is 29.5 Å². The summed E-state index contributed by atoms with van der Waals surface area (Å²) in [4.78, 5) is 30.9. The molecule has 0 N–H and O–H groups in total. The average Bonchev–Trinajstić information content (AvgIpc) is 3.45. The fraction of sp³-hybridized carbons (Fsp3) is 0.375. The Labute approximate surface area is 250 Å². The number of nitro groups is 1. The maximum Gasteiger partial charge on any atom is 0.315 e. The SMILES string of the molecule is CCCC(CCOc1cc2c(cc1OC)C(=O)N1CCC[C@H]1C=N2)Oc1ccc(Oc2ccc(OC)cc2)c([N+](=O)[O-])c1. The van der Waals surface area contributed by atoms with Crippen LogP contribution in [0.2, 0.25) is 0 Å². The molecule has 0 bridgehead atoms. The molecule has 3 aromatic carbocycles. The molecule has 11 heteroatoms. The normalized spacial score (nSPS) is 16.1. The summed E-state index contributed by atoms with van der Waals surface area (Å²) in [5, 5.41) is 11.9. The molecule has 1 saturated heterocycles. The first-order valence-electron chi connectivity index (χ1n) is 14.4. The molecule has 3 aromatic rings. The lowest BCUT2D eigenvalue weighted by Crippen LogP contribution is -2.35. The lowest BCUT2D eigenvalue weighted by molar-refractivity contribution is -0.385. The fourth-order valence-electron chi connectivity index (χ4n) is 5.27. The van der Waals surface area contributed by atoms with Gasteiger partial charge in [0, 0.05) is 25.2 Å². The van der Waals surface area contributed by atoms with E-state index in [0.29, 0.717) is 53.0 Å². The first-order chi connectivity index (χ1) is 20.9. The molecule has 1 amide bonds. The lowest BCUT2D eigenvalue weighted by atomic mass is 10.1. The summed E-state index contributed by atoms with van der Waals surface area (Å²) >= 11 is 0. The van der Waals surface area contributed by atoms with Crippen LogP contribution in [0.5, 0.6) is 34.5 Å². The number of nitro benzene ring substituents is 1. The number of fused-ring (bicyclic) bond motifs is 2. The van der Waals surface area contributed by atoms with E-state index in [1.165, 1.54) is 19.2 Å². The third-order valence-corrected chi connectivity index (χ3v) is 7.48. The summed E-state index contributed by atoms with van der Waals surface area (Å²) in [5.41, 5.74) is 0.851. The monoisotopic (exact) mass is 589 g/mol. The van der Waals surface area contributed by atoms with E-state index in [4.69, 9.17) is 23.7 Å². The van der Waals surface area contributed by atoms with Gasteiger partial charge in [0.05, 0.1) is 49.1 Å². The van der Waals surface area contributed by atoms with Gasteiger partial charge in [-0.3, -0.25) is 19.9 Å². The van der Waals surface area contributed by atoms with Gasteiger partial charge < -0.3 is 28.6 Å². The first-order valence-corrected chi connectivity index (χ1v) is 14.4. The zero-order valence-corrected chi connectivity index (χ0v) is 24.5. The van der Waals surface area contributed by atoms with Crippen LogP contribution in [0.25, 0.3) is 0 Å². The molecule has 1 unspecified atom stereocenters. The lowest BCUT2D eigenvalue weighted by Gasteiger charge is -2.21. The topological polar surface area (TPSA) is 122 Å². The van der Waals surface area contributed by atoms with E-state index >= 15 is 0 Å². The number of rotatable bonds is 13. The standard InChI is InChI=1S/C32H35N3O8/c1-4-6-23(42-25-12-13-29(28(17-25)35(37)38)43-24-10-8-22(39-2)9-11-24)14-16-41-31-19-27-26(18-30(31)40-3)32(36)34-15-5-7-21(34)20-33-27/h8-13,17-21,23H,4-7,14-16H2,1-3H3/t21-,23?/m0/s1. The fourth-order valence-corrected chi connectivity index (χ4v) is 5.27. The van der Waals surface area contributed by atoms with Gasteiger partial charge in [-0.1, -0.05) is 13.3 Å². The minimum absolute atomic E-state index is 0.0149. The van der Waals surface area contributed by atoms with Crippen LogP contribution < -0.4 is 23.7 Å². The van der Waals surface area contributed by atoms with Crippen molar-refractivity contribution in [1.82, 2.24) is 4.90 Å². The average molecular weight is 590 g/mol. The molecule has 2 aliphatic heterocycles. The van der Waals surface area contributed by atoms with Gasteiger partial charge >= 0.3 is 5.69 Å². The Hall–Kier alpha value is -4.80. The van der Waals surface area contributed by atoms with Crippen LogP contribution in [-0.2, 0) is 0 Å². The Morgan fingerprint density at radius 3 is 2.47 bits per heavy atom. The van der Waals surface area contributed by atoms with Crippen molar-refractivity contribution >= 4 is 23.5 Å². The smallest absolute Gasteiger partial charge is 0.315 e. The Morgan fingerprint density at radius 1 is 0.977 bits per heavy atom. The highest BCUT2D eigenvalue weighted by Crippen LogP contribution is 2.39. The molecule has 11 nitrogen and oxygen atoms in total. The van der Waals surface area contributed by atoms with Gasteiger partial charge in [-0.2, -0.15) is 0 Å². The van der Waals surface area contributed by atoms with Crippen LogP contribution in [0.4, 0.5) is 11.4 Å². The minimum atomic E-state index is -0.494. The summed E-state index contributed by atoms with van der Waals surface area (Å²) in [7, 11) is 3.10. The predicted octanol–water partition coefficient (Wildman–Crippen LogP) is 6.74. The second-order valence-electron chi connectivity index (χ2n) is 10.3. The van der Waals surface area contributed by atoms with Crippen LogP contribution in [0.15, 0.2) is 59.6 Å². The van der Waals surface area contributed by atoms with Crippen molar-refractivity contribution in [2.45, 2.75) is 51.2 Å². The molecular formula is C32H35N3O8. The molecule has 2 aliphatic rings. The van der Waals surface area contributed by atoms with Crippen molar-refractivity contribution in [3.8, 4) is 34.5 Å². The summed E-state index contributed by atoms with van der Waals surface area (Å²) in [6.07, 6.45) is 5.54. The van der Waals surface area contributed by atoms with Crippen molar-refractivity contribution in [2.24, 2.45) is 4.99 Å². The summed E-state index contributed by atoms with van der Waals surface area (Å²) < 4.78 is 28.7. The van der Waals surface area contributed by atoms with Gasteiger partial charge in [0.2, 0.25) is 5.75 Å². The number of carbonyl (C=O) groups excluding carboxylic acids is 1. The zero-order valence-electron chi connectivity index (χ0n) is 24.5. The predicted molar refractivity (Wildman–Crippen MR) is 161 cm³/mol. The van der Waals surface area contributed by atoms with E-state index in [9.17, 15) is 14.9 Å². The van der Waals surface area contributed by atoms with Crippen LogP contribution in [0.3, 0.4) is 0 Å². The molecule has 0 aliphatic carbocycles. The molecule has 226 valence electrons. The highest BCUT2D eigenvalue weighted by Gasteiger charge is 2.32. The summed E-state index contributed by atoms with van der Waals surface area (Å²) in [6, 6.07) is 14.8. The van der Waals surface area contributed by atoms with Gasteiger partial charge in [0.15, 0.2) is 11.5 Å². The Balaban J connectivity index is 1.26. The van der Waals surface area contributed by atoms with Crippen LogP contribution >= 0.6 is 0 Å². The molecular weight excluding hydrogens is 554 g/mol. The van der Waals surface area contributed by atoms with E-state index < -0.39 is 4.92 Å². The van der Waals surface area contributed by atoms with Gasteiger partial charge in [-0.25, -0.2) is 0 Å². The number of carbonyl (C=O) groups is 1. The van der Waals surface area contributed by atoms with Crippen LogP contribution in [-0.4, -0.2) is 61.5 Å². The van der Waals surface area contributed by atoms with Gasteiger partial charge in [-0.05, 0) is 61.7 Å². The summed E-state index contributed by atoms with van der Waals surface area (Å²) in [6.45, 7) is 3.06. The van der Waals surface area contributed by atoms with Crippen molar-refractivity contribution < 1.29 is 33.4 Å². The molecule has 0 aromatic heterocycles. The van der Waals surface area contributed by atoms with Gasteiger partial charge in [0.25, 0.3) is 5.91 Å². The van der Waals surface area contributed by atoms with Crippen molar-refractivity contribution in [3.05, 3.63) is 70.3 Å². The molecule has 0 saturated carbocycles. The molecule has 43 heavy (non-hydrogen) atoms. The highest BCUT2D eigenvalue weighted by atomic mass is 16.6. The van der Waals surface area contributed by atoms with E-state index in [1.807, 2.05) is 18.0 Å². The van der Waals surface area contributed by atoms with Crippen molar-refractivity contribution in [3.63, 3.8) is 0 Å². The maximum atomic E-state index is 13.1. The summed E-state index contributed by atoms with van der Waals surface area (Å²) in [5.74, 6) is 2.46. The second kappa shape index (κ2) is 13.5. The number of hydrogen-bond donors (Lipinski definition) is 0. The Morgan fingerprint density at radius 2 is 1.74 bits per heavy atom. The maximum absolute atomic E-state index is 13.1. The molecule has 1 fully saturated rings. The minimum Gasteiger partial charge on any atom is -0.497 e. The molecule has 5 rings (SSSR count). The van der Waals surface area contributed by atoms with Crippen LogP contribution in [0.1, 0.15) is 49.4 Å². The first kappa shape index (κ1) is 29.7. The highest BCUT2D eigenvalue weighted by molar-refractivity contribution is 6.03. The number of amides is 1.